The monoisotopic (exact) mass is 292 g/mol. The molecule has 0 aliphatic heterocycles. The second-order valence-corrected chi connectivity index (χ2v) is 6.68. The number of hydrogen-bond acceptors (Lipinski definition) is 4. The lowest BCUT2D eigenvalue weighted by atomic mass is 10.1. The fourth-order valence-electron chi connectivity index (χ4n) is 2.24. The van der Waals surface area contributed by atoms with Crippen molar-refractivity contribution in [3.63, 3.8) is 0 Å². The highest BCUT2D eigenvalue weighted by Crippen LogP contribution is 2.21. The van der Waals surface area contributed by atoms with Crippen molar-refractivity contribution >= 4 is 5.69 Å². The Morgan fingerprint density at radius 3 is 2.29 bits per heavy atom. The molecular weight excluding hydrogens is 260 g/mol. The lowest BCUT2D eigenvalue weighted by molar-refractivity contribution is 0.570. The average Bonchev–Trinajstić information content (AvgIpc) is 2.42. The molecule has 1 N–H and O–H groups in total. The van der Waals surface area contributed by atoms with Gasteiger partial charge in [0.2, 0.25) is 0 Å². The highest BCUT2D eigenvalue weighted by atomic mass is 15.2. The van der Waals surface area contributed by atoms with Crippen molar-refractivity contribution in [1.82, 2.24) is 15.3 Å². The third kappa shape index (κ3) is 5.62. The van der Waals surface area contributed by atoms with Crippen LogP contribution < -0.4 is 10.2 Å². The van der Waals surface area contributed by atoms with Crippen molar-refractivity contribution in [3.05, 3.63) is 17.7 Å². The van der Waals surface area contributed by atoms with Crippen LogP contribution >= 0.6 is 0 Å². The zero-order valence-electron chi connectivity index (χ0n) is 14.8. The largest absolute Gasteiger partial charge is 0.369 e. The summed E-state index contributed by atoms with van der Waals surface area (Å²) in [6.07, 6.45) is 2.01. The van der Waals surface area contributed by atoms with E-state index in [1.807, 2.05) is 6.20 Å². The molecular formula is C17H32N4. The van der Waals surface area contributed by atoms with E-state index >= 15 is 0 Å². The Hall–Kier alpha value is -1.16. The van der Waals surface area contributed by atoms with Crippen LogP contribution in [-0.2, 0) is 6.54 Å². The molecule has 0 fully saturated rings. The molecule has 0 aliphatic carbocycles. The first-order valence-electron chi connectivity index (χ1n) is 8.19. The second-order valence-electron chi connectivity index (χ2n) is 6.68. The van der Waals surface area contributed by atoms with Crippen molar-refractivity contribution in [2.75, 3.05) is 18.0 Å². The average molecular weight is 292 g/mol. The van der Waals surface area contributed by atoms with E-state index < -0.39 is 0 Å². The van der Waals surface area contributed by atoms with Gasteiger partial charge < -0.3 is 10.2 Å². The molecule has 0 aliphatic rings. The normalized spacial score (nSPS) is 11.7. The van der Waals surface area contributed by atoms with E-state index in [1.54, 1.807) is 0 Å². The molecule has 0 saturated carbocycles. The predicted molar refractivity (Wildman–Crippen MR) is 90.8 cm³/mol. The maximum absolute atomic E-state index is 4.81. The summed E-state index contributed by atoms with van der Waals surface area (Å²) in [5.74, 6) is 1.91. The highest BCUT2D eigenvalue weighted by Gasteiger charge is 2.15. The Balaban J connectivity index is 3.09. The van der Waals surface area contributed by atoms with Crippen LogP contribution in [0.1, 0.15) is 65.9 Å². The third-order valence-electron chi connectivity index (χ3n) is 3.37. The van der Waals surface area contributed by atoms with Crippen LogP contribution in [0.15, 0.2) is 6.20 Å². The van der Waals surface area contributed by atoms with Gasteiger partial charge in [0.25, 0.3) is 0 Å². The van der Waals surface area contributed by atoms with Gasteiger partial charge in [-0.15, -0.1) is 0 Å². The lowest BCUT2D eigenvalue weighted by Crippen LogP contribution is -2.31. The van der Waals surface area contributed by atoms with Crippen molar-refractivity contribution < 1.29 is 0 Å². The van der Waals surface area contributed by atoms with E-state index in [4.69, 9.17) is 4.98 Å². The van der Waals surface area contributed by atoms with Gasteiger partial charge in [-0.25, -0.2) is 9.97 Å². The number of anilines is 1. The van der Waals surface area contributed by atoms with Crippen LogP contribution in [0.25, 0.3) is 0 Å². The first-order valence-corrected chi connectivity index (χ1v) is 8.19. The van der Waals surface area contributed by atoms with Crippen LogP contribution in [-0.4, -0.2) is 29.1 Å². The molecule has 1 aromatic heterocycles. The van der Waals surface area contributed by atoms with Crippen LogP contribution in [0.3, 0.4) is 0 Å². The van der Waals surface area contributed by atoms with E-state index in [2.05, 4.69) is 63.7 Å². The number of nitrogens with one attached hydrogen (secondary N) is 1. The molecule has 4 nitrogen and oxygen atoms in total. The van der Waals surface area contributed by atoms with Gasteiger partial charge in [0, 0.05) is 31.6 Å². The highest BCUT2D eigenvalue weighted by molar-refractivity contribution is 5.49. The van der Waals surface area contributed by atoms with E-state index in [0.29, 0.717) is 17.9 Å². The van der Waals surface area contributed by atoms with Crippen molar-refractivity contribution in [2.24, 2.45) is 5.92 Å². The SMILES string of the molecule is CCN(CC(C)C)c1cnc(C(C)C)nc1CNC(C)C. The molecule has 1 heterocycles. The lowest BCUT2D eigenvalue weighted by Gasteiger charge is -2.27. The second kappa shape index (κ2) is 8.32. The zero-order valence-corrected chi connectivity index (χ0v) is 14.8. The van der Waals surface area contributed by atoms with Crippen LogP contribution in [0.4, 0.5) is 5.69 Å². The molecule has 0 atom stereocenters. The first-order chi connectivity index (χ1) is 9.85. The van der Waals surface area contributed by atoms with Gasteiger partial charge in [0.05, 0.1) is 17.6 Å². The van der Waals surface area contributed by atoms with Crippen LogP contribution in [0.2, 0.25) is 0 Å². The summed E-state index contributed by atoms with van der Waals surface area (Å²) in [6.45, 7) is 18.1. The molecule has 0 radical (unpaired) electrons. The van der Waals surface area contributed by atoms with Crippen LogP contribution in [0, 0.1) is 5.92 Å². The van der Waals surface area contributed by atoms with Gasteiger partial charge >= 0.3 is 0 Å². The quantitative estimate of drug-likeness (QED) is 0.795. The number of rotatable bonds is 8. The maximum Gasteiger partial charge on any atom is 0.131 e. The van der Waals surface area contributed by atoms with Crippen molar-refractivity contribution in [3.8, 4) is 0 Å². The molecule has 1 aromatic rings. The first kappa shape index (κ1) is 17.9. The molecule has 21 heavy (non-hydrogen) atoms. The number of aromatic nitrogens is 2. The molecule has 1 rings (SSSR count). The summed E-state index contributed by atoms with van der Waals surface area (Å²) in [7, 11) is 0. The molecule has 120 valence electrons. The Morgan fingerprint density at radius 2 is 1.81 bits per heavy atom. The van der Waals surface area contributed by atoms with E-state index in [1.165, 1.54) is 5.69 Å². The van der Waals surface area contributed by atoms with E-state index in [9.17, 15) is 0 Å². The van der Waals surface area contributed by atoms with Crippen LogP contribution in [0.5, 0.6) is 0 Å². The van der Waals surface area contributed by atoms with Gasteiger partial charge in [-0.3, -0.25) is 0 Å². The summed E-state index contributed by atoms with van der Waals surface area (Å²) >= 11 is 0. The zero-order chi connectivity index (χ0) is 16.0. The maximum atomic E-state index is 4.81. The minimum Gasteiger partial charge on any atom is -0.369 e. The standard InChI is InChI=1S/C17H32N4/c1-8-21(11-12(2)3)16-10-19-17(13(4)5)20-15(16)9-18-14(6)7/h10,12-14,18H,8-9,11H2,1-7H3. The summed E-state index contributed by atoms with van der Waals surface area (Å²) < 4.78 is 0. The molecule has 4 heteroatoms. The Kier molecular flexibility index (Phi) is 7.09. The van der Waals surface area contributed by atoms with Gasteiger partial charge in [-0.05, 0) is 12.8 Å². The molecule has 0 saturated heterocycles. The van der Waals surface area contributed by atoms with E-state index in [0.717, 1.165) is 31.2 Å². The molecule has 0 bridgehead atoms. The predicted octanol–water partition coefficient (Wildman–Crippen LogP) is 3.58. The third-order valence-corrected chi connectivity index (χ3v) is 3.37. The van der Waals surface area contributed by atoms with Crippen molar-refractivity contribution in [1.29, 1.82) is 0 Å². The topological polar surface area (TPSA) is 41.1 Å². The van der Waals surface area contributed by atoms with E-state index in [-0.39, 0.29) is 0 Å². The van der Waals surface area contributed by atoms with Gasteiger partial charge in [0.15, 0.2) is 0 Å². The Labute approximate surface area is 130 Å². The minimum atomic E-state index is 0.358. The molecule has 0 unspecified atom stereocenters. The Morgan fingerprint density at radius 1 is 1.14 bits per heavy atom. The van der Waals surface area contributed by atoms with Gasteiger partial charge in [0.1, 0.15) is 5.82 Å². The number of hydrogen-bond donors (Lipinski definition) is 1. The summed E-state index contributed by atoms with van der Waals surface area (Å²) in [5.41, 5.74) is 2.29. The Bertz CT molecular complexity index is 427. The minimum absolute atomic E-state index is 0.358. The summed E-state index contributed by atoms with van der Waals surface area (Å²) in [5, 5.41) is 3.48. The number of nitrogens with zero attached hydrogens (tertiary/aromatic N) is 3. The molecule has 0 amide bonds. The molecule has 0 aromatic carbocycles. The van der Waals surface area contributed by atoms with Crippen molar-refractivity contribution in [2.45, 2.75) is 67.0 Å². The smallest absolute Gasteiger partial charge is 0.131 e. The summed E-state index contributed by atoms with van der Waals surface area (Å²) in [6, 6.07) is 0.454. The summed E-state index contributed by atoms with van der Waals surface area (Å²) in [4.78, 5) is 11.7. The fraction of sp³-hybridized carbons (Fsp3) is 0.765. The van der Waals surface area contributed by atoms with Gasteiger partial charge in [-0.2, -0.15) is 0 Å². The van der Waals surface area contributed by atoms with Gasteiger partial charge in [-0.1, -0.05) is 41.5 Å². The fourth-order valence-corrected chi connectivity index (χ4v) is 2.24. The molecule has 0 spiro atoms.